The van der Waals surface area contributed by atoms with Crippen LogP contribution in [0.25, 0.3) is 0 Å². The van der Waals surface area contributed by atoms with Crippen molar-refractivity contribution >= 4 is 20.0 Å². The lowest BCUT2D eigenvalue weighted by atomic mass is 10.2. The molecule has 0 atom stereocenters. The number of hydrogen-bond acceptors (Lipinski definition) is 6. The fourth-order valence-corrected chi connectivity index (χ4v) is 3.97. The summed E-state index contributed by atoms with van der Waals surface area (Å²) in [6.45, 7) is 1.73. The molecule has 0 N–H and O–H groups in total. The van der Waals surface area contributed by atoms with E-state index in [9.17, 15) is 16.8 Å². The Morgan fingerprint density at radius 3 is 2.55 bits per heavy atom. The van der Waals surface area contributed by atoms with Crippen LogP contribution in [0.5, 0.6) is 0 Å². The van der Waals surface area contributed by atoms with Gasteiger partial charge in [-0.1, -0.05) is 0 Å². The van der Waals surface area contributed by atoms with E-state index in [4.69, 9.17) is 4.18 Å². The summed E-state index contributed by atoms with van der Waals surface area (Å²) in [4.78, 5) is 0. The maximum atomic E-state index is 11.4. The van der Waals surface area contributed by atoms with Gasteiger partial charge in [-0.3, -0.25) is 8.86 Å². The molecule has 0 spiro atoms. The van der Waals surface area contributed by atoms with Gasteiger partial charge in [0.25, 0.3) is 10.1 Å². The molecular formula is C11H18N2O5S2. The third kappa shape index (κ3) is 4.03. The van der Waals surface area contributed by atoms with Crippen molar-refractivity contribution in [3.05, 3.63) is 17.5 Å². The fourth-order valence-electron chi connectivity index (χ4n) is 2.16. The lowest BCUT2D eigenvalue weighted by Crippen LogP contribution is -2.25. The Kier molecular flexibility index (Phi) is 4.22. The molecule has 9 heteroatoms. The van der Waals surface area contributed by atoms with E-state index < -0.39 is 20.0 Å². The van der Waals surface area contributed by atoms with E-state index in [2.05, 4.69) is 5.10 Å². The predicted molar refractivity (Wildman–Crippen MR) is 73.5 cm³/mol. The summed E-state index contributed by atoms with van der Waals surface area (Å²) in [5, 5.41) is 4.33. The van der Waals surface area contributed by atoms with Crippen LogP contribution < -0.4 is 0 Å². The van der Waals surface area contributed by atoms with Crippen LogP contribution in [0.1, 0.15) is 30.1 Å². The summed E-state index contributed by atoms with van der Waals surface area (Å²) in [6.07, 6.45) is 3.81. The van der Waals surface area contributed by atoms with Crippen molar-refractivity contribution in [3.63, 3.8) is 0 Å². The van der Waals surface area contributed by atoms with Crippen molar-refractivity contribution in [2.75, 3.05) is 17.8 Å². The van der Waals surface area contributed by atoms with Gasteiger partial charge in [-0.2, -0.15) is 13.5 Å². The standard InChI is InChI=1S/C11H18N2O5S2/c1-9-10(8-18-19(2,14)15)7-13(12-9)11-3-5-20(16,17)6-4-11/h7,11H,3-6,8H2,1-2H3. The summed E-state index contributed by atoms with van der Waals surface area (Å²) < 4.78 is 51.2. The van der Waals surface area contributed by atoms with Gasteiger partial charge in [-0.25, -0.2) is 8.42 Å². The van der Waals surface area contributed by atoms with Crippen LogP contribution in [0, 0.1) is 6.92 Å². The van der Waals surface area contributed by atoms with Gasteiger partial charge in [0.1, 0.15) is 9.84 Å². The molecule has 114 valence electrons. The molecule has 0 saturated carbocycles. The van der Waals surface area contributed by atoms with Gasteiger partial charge >= 0.3 is 0 Å². The van der Waals surface area contributed by atoms with E-state index in [-0.39, 0.29) is 24.2 Å². The predicted octanol–water partition coefficient (Wildman–Crippen LogP) is 0.417. The Labute approximate surface area is 119 Å². The quantitative estimate of drug-likeness (QED) is 0.745. The number of nitrogens with zero attached hydrogens (tertiary/aromatic N) is 2. The second kappa shape index (κ2) is 5.45. The van der Waals surface area contributed by atoms with E-state index >= 15 is 0 Å². The monoisotopic (exact) mass is 322 g/mol. The van der Waals surface area contributed by atoms with Crippen molar-refractivity contribution in [1.82, 2.24) is 9.78 Å². The van der Waals surface area contributed by atoms with Crippen LogP contribution in [0.15, 0.2) is 6.20 Å². The highest BCUT2D eigenvalue weighted by Crippen LogP contribution is 2.24. The van der Waals surface area contributed by atoms with E-state index in [1.807, 2.05) is 0 Å². The summed E-state index contributed by atoms with van der Waals surface area (Å²) >= 11 is 0. The third-order valence-electron chi connectivity index (χ3n) is 3.35. The minimum atomic E-state index is -3.49. The molecule has 0 amide bonds. The molecule has 1 aromatic rings. The number of sulfone groups is 1. The Balaban J connectivity index is 2.08. The van der Waals surface area contributed by atoms with Gasteiger partial charge in [0, 0.05) is 11.8 Å². The van der Waals surface area contributed by atoms with Gasteiger partial charge in [0.15, 0.2) is 0 Å². The van der Waals surface area contributed by atoms with E-state index in [0.29, 0.717) is 24.1 Å². The van der Waals surface area contributed by atoms with Crippen LogP contribution in [-0.2, 0) is 30.7 Å². The molecule has 0 radical (unpaired) electrons. The number of rotatable bonds is 4. The van der Waals surface area contributed by atoms with Crippen LogP contribution in [-0.4, -0.2) is 44.4 Å². The maximum Gasteiger partial charge on any atom is 0.264 e. The second-order valence-electron chi connectivity index (χ2n) is 5.07. The molecule has 0 unspecified atom stereocenters. The molecular weight excluding hydrogens is 304 g/mol. The first-order chi connectivity index (χ1) is 9.16. The zero-order valence-electron chi connectivity index (χ0n) is 11.4. The maximum absolute atomic E-state index is 11.4. The highest BCUT2D eigenvalue weighted by atomic mass is 32.2. The summed E-state index contributed by atoms with van der Waals surface area (Å²) in [5.41, 5.74) is 1.39. The minimum Gasteiger partial charge on any atom is -0.269 e. The zero-order valence-corrected chi connectivity index (χ0v) is 13.1. The van der Waals surface area contributed by atoms with Crippen LogP contribution >= 0.6 is 0 Å². The summed E-state index contributed by atoms with van der Waals surface area (Å²) in [7, 11) is -6.39. The highest BCUT2D eigenvalue weighted by Gasteiger charge is 2.25. The Hall–Kier alpha value is -0.930. The Bertz CT molecular complexity index is 676. The van der Waals surface area contributed by atoms with Crippen molar-refractivity contribution in [2.24, 2.45) is 0 Å². The molecule has 0 aliphatic carbocycles. The first-order valence-electron chi connectivity index (χ1n) is 6.26. The number of hydrogen-bond donors (Lipinski definition) is 0. The van der Waals surface area contributed by atoms with E-state index in [1.54, 1.807) is 17.8 Å². The molecule has 1 aromatic heterocycles. The molecule has 20 heavy (non-hydrogen) atoms. The second-order valence-corrected chi connectivity index (χ2v) is 9.02. The van der Waals surface area contributed by atoms with Crippen LogP contribution in [0.2, 0.25) is 0 Å². The van der Waals surface area contributed by atoms with Crippen LogP contribution in [0.3, 0.4) is 0 Å². The molecule has 2 heterocycles. The molecule has 1 saturated heterocycles. The molecule has 7 nitrogen and oxygen atoms in total. The largest absolute Gasteiger partial charge is 0.269 e. The zero-order chi connectivity index (χ0) is 15.0. The van der Waals surface area contributed by atoms with E-state index in [1.165, 1.54) is 0 Å². The molecule has 0 aromatic carbocycles. The fraction of sp³-hybridized carbons (Fsp3) is 0.727. The summed E-state index contributed by atoms with van der Waals surface area (Å²) in [5.74, 6) is 0.345. The van der Waals surface area contributed by atoms with Gasteiger partial charge in [0.05, 0.1) is 36.1 Å². The van der Waals surface area contributed by atoms with Gasteiger partial charge < -0.3 is 0 Å². The lowest BCUT2D eigenvalue weighted by molar-refractivity contribution is 0.310. The molecule has 2 rings (SSSR count). The number of aryl methyl sites for hydroxylation is 1. The van der Waals surface area contributed by atoms with Crippen molar-refractivity contribution < 1.29 is 21.0 Å². The molecule has 1 fully saturated rings. The SMILES string of the molecule is Cc1nn(C2CCS(=O)(=O)CC2)cc1COS(C)(=O)=O. The smallest absolute Gasteiger partial charge is 0.264 e. The molecule has 0 bridgehead atoms. The average Bonchev–Trinajstić information content (AvgIpc) is 2.67. The molecule has 1 aliphatic rings. The van der Waals surface area contributed by atoms with Crippen molar-refractivity contribution in [2.45, 2.75) is 32.4 Å². The van der Waals surface area contributed by atoms with Crippen molar-refractivity contribution in [1.29, 1.82) is 0 Å². The molecule has 1 aliphatic heterocycles. The average molecular weight is 322 g/mol. The van der Waals surface area contributed by atoms with Gasteiger partial charge in [-0.05, 0) is 19.8 Å². The highest BCUT2D eigenvalue weighted by molar-refractivity contribution is 7.91. The first-order valence-corrected chi connectivity index (χ1v) is 9.89. The topological polar surface area (TPSA) is 95.3 Å². The summed E-state index contributed by atoms with van der Waals surface area (Å²) in [6, 6.07) is 0.0456. The first kappa shape index (κ1) is 15.5. The van der Waals surface area contributed by atoms with Crippen molar-refractivity contribution in [3.8, 4) is 0 Å². The lowest BCUT2D eigenvalue weighted by Gasteiger charge is -2.22. The van der Waals surface area contributed by atoms with Gasteiger partial charge in [0.2, 0.25) is 0 Å². The normalized spacial score (nSPS) is 20.1. The Morgan fingerprint density at radius 1 is 1.40 bits per heavy atom. The van der Waals surface area contributed by atoms with Crippen LogP contribution in [0.4, 0.5) is 0 Å². The third-order valence-corrected chi connectivity index (χ3v) is 5.61. The minimum absolute atomic E-state index is 0.0456. The number of aromatic nitrogens is 2. The van der Waals surface area contributed by atoms with E-state index in [0.717, 1.165) is 6.26 Å². The van der Waals surface area contributed by atoms with Gasteiger partial charge in [-0.15, -0.1) is 0 Å². The Morgan fingerprint density at radius 2 is 2.00 bits per heavy atom.